The zero-order valence-electron chi connectivity index (χ0n) is 13.8. The van der Waals surface area contributed by atoms with E-state index in [1.165, 1.54) is 44.1 Å². The molecule has 1 atom stereocenters. The van der Waals surface area contributed by atoms with Crippen molar-refractivity contribution in [3.8, 4) is 0 Å². The second-order valence-corrected chi connectivity index (χ2v) is 6.38. The molecule has 1 unspecified atom stereocenters. The van der Waals surface area contributed by atoms with Crippen LogP contribution in [0.15, 0.2) is 42.6 Å². The van der Waals surface area contributed by atoms with Gasteiger partial charge in [-0.15, -0.1) is 0 Å². The van der Waals surface area contributed by atoms with Crippen LogP contribution >= 0.6 is 0 Å². The van der Waals surface area contributed by atoms with Gasteiger partial charge in [-0.3, -0.25) is 0 Å². The average Bonchev–Trinajstić information content (AvgIpc) is 2.85. The Morgan fingerprint density at radius 3 is 2.48 bits per heavy atom. The normalized spacial score (nSPS) is 17.3. The third-order valence-corrected chi connectivity index (χ3v) is 4.51. The molecule has 0 spiro atoms. The molecule has 4 heteroatoms. The van der Waals surface area contributed by atoms with Gasteiger partial charge in [0.1, 0.15) is 5.82 Å². The van der Waals surface area contributed by atoms with Gasteiger partial charge in [0.25, 0.3) is 0 Å². The third kappa shape index (κ3) is 4.68. The number of aromatic nitrogens is 2. The maximum atomic E-state index is 4.63. The average molecular weight is 310 g/mol. The van der Waals surface area contributed by atoms with Gasteiger partial charge >= 0.3 is 0 Å². The van der Waals surface area contributed by atoms with Crippen LogP contribution < -0.4 is 10.6 Å². The van der Waals surface area contributed by atoms with Crippen molar-refractivity contribution >= 4 is 11.8 Å². The molecule has 4 nitrogen and oxygen atoms in total. The monoisotopic (exact) mass is 310 g/mol. The fourth-order valence-electron chi connectivity index (χ4n) is 3.16. The van der Waals surface area contributed by atoms with E-state index >= 15 is 0 Å². The van der Waals surface area contributed by atoms with Crippen molar-refractivity contribution in [1.29, 1.82) is 0 Å². The molecular formula is C19H26N4. The minimum Gasteiger partial charge on any atom is -0.363 e. The predicted octanol–water partition coefficient (Wildman–Crippen LogP) is 4.78. The second kappa shape index (κ2) is 7.95. The topological polar surface area (TPSA) is 49.8 Å². The van der Waals surface area contributed by atoms with Crippen molar-refractivity contribution < 1.29 is 0 Å². The molecule has 1 heterocycles. The van der Waals surface area contributed by atoms with Crippen molar-refractivity contribution in [1.82, 2.24) is 9.97 Å². The summed E-state index contributed by atoms with van der Waals surface area (Å²) >= 11 is 0. The molecule has 1 saturated carbocycles. The van der Waals surface area contributed by atoms with E-state index in [4.69, 9.17) is 0 Å². The molecule has 122 valence electrons. The molecule has 0 saturated heterocycles. The standard InChI is InChI=1S/C19H26N4/c1-15(16-9-5-4-6-10-16)21-18-13-14-20-19(23-18)22-17-11-7-2-3-8-12-17/h4-6,9-10,13-15,17H,2-3,7-8,11-12H2,1H3,(H2,20,21,22,23). The quantitative estimate of drug-likeness (QED) is 0.780. The van der Waals surface area contributed by atoms with Crippen molar-refractivity contribution in [2.45, 2.75) is 57.5 Å². The van der Waals surface area contributed by atoms with Crippen LogP contribution in [-0.2, 0) is 0 Å². The number of hydrogen-bond donors (Lipinski definition) is 2. The van der Waals surface area contributed by atoms with Crippen molar-refractivity contribution in [3.63, 3.8) is 0 Å². The smallest absolute Gasteiger partial charge is 0.224 e. The van der Waals surface area contributed by atoms with E-state index in [0.717, 1.165) is 11.8 Å². The van der Waals surface area contributed by atoms with E-state index in [9.17, 15) is 0 Å². The van der Waals surface area contributed by atoms with Gasteiger partial charge < -0.3 is 10.6 Å². The van der Waals surface area contributed by atoms with Crippen LogP contribution in [0.1, 0.15) is 57.1 Å². The largest absolute Gasteiger partial charge is 0.363 e. The highest BCUT2D eigenvalue weighted by Gasteiger charge is 2.13. The SMILES string of the molecule is CC(Nc1ccnc(NC2CCCCCC2)n1)c1ccccc1. The van der Waals surface area contributed by atoms with Gasteiger partial charge in [-0.2, -0.15) is 4.98 Å². The summed E-state index contributed by atoms with van der Waals surface area (Å²) in [5.74, 6) is 1.61. The molecule has 1 fully saturated rings. The minimum atomic E-state index is 0.219. The van der Waals surface area contributed by atoms with Crippen LogP contribution in [0, 0.1) is 0 Å². The lowest BCUT2D eigenvalue weighted by atomic mass is 10.1. The number of hydrogen-bond acceptors (Lipinski definition) is 4. The Balaban J connectivity index is 1.62. The fourth-order valence-corrected chi connectivity index (χ4v) is 3.16. The molecule has 0 amide bonds. The Morgan fingerprint density at radius 2 is 1.74 bits per heavy atom. The van der Waals surface area contributed by atoms with Crippen LogP contribution in [0.5, 0.6) is 0 Å². The number of rotatable bonds is 5. The molecule has 0 radical (unpaired) electrons. The first-order valence-corrected chi connectivity index (χ1v) is 8.72. The highest BCUT2D eigenvalue weighted by Crippen LogP contribution is 2.21. The molecular weight excluding hydrogens is 284 g/mol. The van der Waals surface area contributed by atoms with Gasteiger partial charge in [0.2, 0.25) is 5.95 Å². The van der Waals surface area contributed by atoms with Crippen LogP contribution in [-0.4, -0.2) is 16.0 Å². The van der Waals surface area contributed by atoms with Crippen LogP contribution in [0.2, 0.25) is 0 Å². The lowest BCUT2D eigenvalue weighted by Gasteiger charge is -2.18. The van der Waals surface area contributed by atoms with Crippen LogP contribution in [0.3, 0.4) is 0 Å². The Labute approximate surface area is 138 Å². The molecule has 2 N–H and O–H groups in total. The van der Waals surface area contributed by atoms with Crippen molar-refractivity contribution in [3.05, 3.63) is 48.2 Å². The van der Waals surface area contributed by atoms with Gasteiger partial charge in [-0.25, -0.2) is 4.98 Å². The van der Waals surface area contributed by atoms with Crippen LogP contribution in [0.4, 0.5) is 11.8 Å². The van der Waals surface area contributed by atoms with E-state index in [1.54, 1.807) is 0 Å². The third-order valence-electron chi connectivity index (χ3n) is 4.51. The second-order valence-electron chi connectivity index (χ2n) is 6.38. The maximum Gasteiger partial charge on any atom is 0.224 e. The summed E-state index contributed by atoms with van der Waals surface area (Å²) in [7, 11) is 0. The highest BCUT2D eigenvalue weighted by molar-refractivity contribution is 5.42. The summed E-state index contributed by atoms with van der Waals surface area (Å²) in [4.78, 5) is 9.01. The summed E-state index contributed by atoms with van der Waals surface area (Å²) in [6.45, 7) is 2.15. The number of nitrogens with zero attached hydrogens (tertiary/aromatic N) is 2. The van der Waals surface area contributed by atoms with E-state index in [0.29, 0.717) is 6.04 Å². The Hall–Kier alpha value is -2.10. The predicted molar refractivity (Wildman–Crippen MR) is 95.6 cm³/mol. The first-order valence-electron chi connectivity index (χ1n) is 8.72. The number of anilines is 2. The zero-order valence-corrected chi connectivity index (χ0v) is 13.8. The number of nitrogens with one attached hydrogen (secondary N) is 2. The van der Waals surface area contributed by atoms with Gasteiger partial charge in [0, 0.05) is 18.3 Å². The molecule has 2 aromatic rings. The zero-order chi connectivity index (χ0) is 15.9. The maximum absolute atomic E-state index is 4.63. The van der Waals surface area contributed by atoms with Gasteiger partial charge in [0.05, 0.1) is 0 Å². The summed E-state index contributed by atoms with van der Waals surface area (Å²) in [6, 6.07) is 13.1. The molecule has 1 aliphatic carbocycles. The first kappa shape index (κ1) is 15.8. The molecule has 1 aromatic heterocycles. The van der Waals surface area contributed by atoms with E-state index in [1.807, 2.05) is 18.3 Å². The lowest BCUT2D eigenvalue weighted by Crippen LogP contribution is -2.20. The fraction of sp³-hybridized carbons (Fsp3) is 0.474. The van der Waals surface area contributed by atoms with Gasteiger partial charge in [-0.1, -0.05) is 56.0 Å². The Morgan fingerprint density at radius 1 is 1.00 bits per heavy atom. The van der Waals surface area contributed by atoms with E-state index in [-0.39, 0.29) is 6.04 Å². The summed E-state index contributed by atoms with van der Waals surface area (Å²) in [5.41, 5.74) is 1.25. The highest BCUT2D eigenvalue weighted by atomic mass is 15.2. The molecule has 0 aliphatic heterocycles. The minimum absolute atomic E-state index is 0.219. The summed E-state index contributed by atoms with van der Waals surface area (Å²) < 4.78 is 0. The molecule has 0 bridgehead atoms. The Bertz CT molecular complexity index is 591. The first-order chi connectivity index (χ1) is 11.3. The molecule has 1 aliphatic rings. The van der Waals surface area contributed by atoms with Crippen molar-refractivity contribution in [2.75, 3.05) is 10.6 Å². The van der Waals surface area contributed by atoms with Crippen LogP contribution in [0.25, 0.3) is 0 Å². The molecule has 1 aromatic carbocycles. The molecule has 3 rings (SSSR count). The number of benzene rings is 1. The van der Waals surface area contributed by atoms with E-state index < -0.39 is 0 Å². The summed E-state index contributed by atoms with van der Waals surface area (Å²) in [5, 5.41) is 6.97. The van der Waals surface area contributed by atoms with Gasteiger partial charge in [0.15, 0.2) is 0 Å². The Kier molecular flexibility index (Phi) is 5.46. The van der Waals surface area contributed by atoms with Gasteiger partial charge in [-0.05, 0) is 31.4 Å². The molecule has 23 heavy (non-hydrogen) atoms. The van der Waals surface area contributed by atoms with E-state index in [2.05, 4.69) is 51.8 Å². The summed E-state index contributed by atoms with van der Waals surface area (Å²) in [6.07, 6.45) is 9.60. The van der Waals surface area contributed by atoms with Crippen molar-refractivity contribution in [2.24, 2.45) is 0 Å². The lowest BCUT2D eigenvalue weighted by molar-refractivity contribution is 0.615.